The van der Waals surface area contributed by atoms with Gasteiger partial charge in [0.25, 0.3) is 0 Å². The largest absolute Gasteiger partial charge is 0.300 e. The molecule has 0 spiro atoms. The topological polar surface area (TPSA) is 17.1 Å². The number of ketones is 1. The normalized spacial score (nSPS) is 39.8. The van der Waals surface area contributed by atoms with Gasteiger partial charge < -0.3 is 4.79 Å². The lowest BCUT2D eigenvalue weighted by Gasteiger charge is -2.41. The number of hydrogen-bond acceptors (Lipinski definition) is 1. The van der Waals surface area contributed by atoms with Gasteiger partial charge in [-0.15, -0.1) is 0 Å². The van der Waals surface area contributed by atoms with Crippen LogP contribution in [0.2, 0.25) is 0 Å². The van der Waals surface area contributed by atoms with E-state index in [4.69, 9.17) is 0 Å². The zero-order chi connectivity index (χ0) is 10.3. The SMILES string of the molecule is CC(=O)CC1CC(C)(C)C2CCC1C2. The molecule has 0 heterocycles. The number of rotatable bonds is 2. The molecule has 2 saturated carbocycles. The molecule has 0 aromatic heterocycles. The van der Waals surface area contributed by atoms with Crippen molar-refractivity contribution in [3.8, 4) is 0 Å². The van der Waals surface area contributed by atoms with Gasteiger partial charge in [0, 0.05) is 6.42 Å². The fraction of sp³-hybridized carbons (Fsp3) is 0.923. The summed E-state index contributed by atoms with van der Waals surface area (Å²) in [5.74, 6) is 2.89. The summed E-state index contributed by atoms with van der Waals surface area (Å²) in [5, 5.41) is 0. The van der Waals surface area contributed by atoms with E-state index >= 15 is 0 Å². The predicted octanol–water partition coefficient (Wildman–Crippen LogP) is 3.43. The quantitative estimate of drug-likeness (QED) is 0.658. The van der Waals surface area contributed by atoms with Crippen LogP contribution in [0, 0.1) is 23.2 Å². The molecule has 14 heavy (non-hydrogen) atoms. The van der Waals surface area contributed by atoms with Gasteiger partial charge in [-0.25, -0.2) is 0 Å². The maximum absolute atomic E-state index is 11.2. The molecule has 2 bridgehead atoms. The van der Waals surface area contributed by atoms with Crippen LogP contribution in [0.3, 0.4) is 0 Å². The first kappa shape index (κ1) is 10.2. The van der Waals surface area contributed by atoms with E-state index in [9.17, 15) is 4.79 Å². The molecule has 0 radical (unpaired) electrons. The smallest absolute Gasteiger partial charge is 0.130 e. The summed E-state index contributed by atoms with van der Waals surface area (Å²) >= 11 is 0. The Morgan fingerprint density at radius 3 is 2.71 bits per heavy atom. The van der Waals surface area contributed by atoms with E-state index in [1.165, 1.54) is 25.7 Å². The van der Waals surface area contributed by atoms with Gasteiger partial charge in [0.05, 0.1) is 0 Å². The van der Waals surface area contributed by atoms with Crippen LogP contribution in [-0.4, -0.2) is 5.78 Å². The fourth-order valence-corrected chi connectivity index (χ4v) is 3.77. The van der Waals surface area contributed by atoms with Crippen molar-refractivity contribution in [1.82, 2.24) is 0 Å². The lowest BCUT2D eigenvalue weighted by atomic mass is 9.64. The summed E-state index contributed by atoms with van der Waals surface area (Å²) in [7, 11) is 0. The molecule has 0 aromatic rings. The van der Waals surface area contributed by atoms with E-state index in [0.29, 0.717) is 17.1 Å². The second-order valence-corrected chi connectivity index (χ2v) is 6.13. The third-order valence-corrected chi connectivity index (χ3v) is 4.58. The van der Waals surface area contributed by atoms with Gasteiger partial charge >= 0.3 is 0 Å². The van der Waals surface area contributed by atoms with Crippen molar-refractivity contribution in [2.75, 3.05) is 0 Å². The van der Waals surface area contributed by atoms with Crippen molar-refractivity contribution >= 4 is 5.78 Å². The maximum Gasteiger partial charge on any atom is 0.130 e. The minimum absolute atomic E-state index is 0.385. The average Bonchev–Trinajstić information content (AvgIpc) is 2.44. The van der Waals surface area contributed by atoms with Crippen LogP contribution in [-0.2, 0) is 4.79 Å². The summed E-state index contributed by atoms with van der Waals surface area (Å²) in [6.45, 7) is 6.53. The summed E-state index contributed by atoms with van der Waals surface area (Å²) in [6, 6.07) is 0. The van der Waals surface area contributed by atoms with Gasteiger partial charge in [0.1, 0.15) is 5.78 Å². The average molecular weight is 194 g/mol. The first-order valence-electron chi connectivity index (χ1n) is 5.98. The molecule has 2 aliphatic carbocycles. The molecule has 2 rings (SSSR count). The highest BCUT2D eigenvalue weighted by atomic mass is 16.1. The Labute approximate surface area is 87.3 Å². The van der Waals surface area contributed by atoms with Crippen LogP contribution >= 0.6 is 0 Å². The molecule has 0 saturated heterocycles. The van der Waals surface area contributed by atoms with Crippen LogP contribution in [0.5, 0.6) is 0 Å². The van der Waals surface area contributed by atoms with Crippen molar-refractivity contribution in [2.45, 2.75) is 52.9 Å². The van der Waals surface area contributed by atoms with Crippen LogP contribution in [0.1, 0.15) is 52.9 Å². The lowest BCUT2D eigenvalue weighted by molar-refractivity contribution is -0.118. The molecule has 1 heteroatoms. The minimum atomic E-state index is 0.385. The third kappa shape index (κ3) is 1.74. The third-order valence-electron chi connectivity index (χ3n) is 4.58. The Balaban J connectivity index is 2.08. The van der Waals surface area contributed by atoms with Crippen molar-refractivity contribution in [2.24, 2.45) is 23.2 Å². The molecule has 0 amide bonds. The van der Waals surface area contributed by atoms with Gasteiger partial charge in [0.2, 0.25) is 0 Å². The van der Waals surface area contributed by atoms with Gasteiger partial charge in [-0.05, 0) is 55.8 Å². The van der Waals surface area contributed by atoms with E-state index in [0.717, 1.165) is 18.3 Å². The molecule has 80 valence electrons. The van der Waals surface area contributed by atoms with Crippen molar-refractivity contribution in [3.05, 3.63) is 0 Å². The second kappa shape index (κ2) is 3.36. The summed E-state index contributed by atoms with van der Waals surface area (Å²) in [4.78, 5) is 11.2. The Kier molecular flexibility index (Phi) is 2.45. The van der Waals surface area contributed by atoms with Crippen molar-refractivity contribution < 1.29 is 4.79 Å². The number of Topliss-reactive ketones (excluding diaryl/α,β-unsaturated/α-hetero) is 1. The Morgan fingerprint density at radius 1 is 1.36 bits per heavy atom. The monoisotopic (exact) mass is 194 g/mol. The summed E-state index contributed by atoms with van der Waals surface area (Å²) < 4.78 is 0. The van der Waals surface area contributed by atoms with E-state index < -0.39 is 0 Å². The number of hydrogen-bond donors (Lipinski definition) is 0. The molecule has 0 N–H and O–H groups in total. The van der Waals surface area contributed by atoms with Crippen LogP contribution in [0.25, 0.3) is 0 Å². The van der Waals surface area contributed by atoms with Gasteiger partial charge in [-0.1, -0.05) is 13.8 Å². The number of carbonyl (C=O) groups excluding carboxylic acids is 1. The fourth-order valence-electron chi connectivity index (χ4n) is 3.77. The molecule has 1 nitrogen and oxygen atoms in total. The van der Waals surface area contributed by atoms with E-state index in [1.54, 1.807) is 6.92 Å². The Hall–Kier alpha value is -0.330. The number of fused-ring (bicyclic) bond motifs is 2. The predicted molar refractivity (Wildman–Crippen MR) is 58.0 cm³/mol. The van der Waals surface area contributed by atoms with E-state index in [2.05, 4.69) is 13.8 Å². The Bertz CT molecular complexity index is 242. The molecule has 3 atom stereocenters. The first-order chi connectivity index (χ1) is 6.49. The molecule has 2 aliphatic rings. The minimum Gasteiger partial charge on any atom is -0.300 e. The molecular weight excluding hydrogens is 172 g/mol. The highest BCUT2D eigenvalue weighted by Gasteiger charge is 2.45. The Morgan fingerprint density at radius 2 is 2.07 bits per heavy atom. The molecule has 2 fully saturated rings. The van der Waals surface area contributed by atoms with E-state index in [1.807, 2.05) is 0 Å². The standard InChI is InChI=1S/C13H22O/c1-9(14)6-11-8-13(2,3)12-5-4-10(11)7-12/h10-12H,4-8H2,1-3H3. The molecule has 3 unspecified atom stereocenters. The number of carbonyl (C=O) groups is 1. The maximum atomic E-state index is 11.2. The lowest BCUT2D eigenvalue weighted by Crippen LogP contribution is -2.32. The van der Waals surface area contributed by atoms with Crippen molar-refractivity contribution in [3.63, 3.8) is 0 Å². The highest BCUT2D eigenvalue weighted by molar-refractivity contribution is 5.75. The van der Waals surface area contributed by atoms with Crippen LogP contribution in [0.15, 0.2) is 0 Å². The first-order valence-corrected chi connectivity index (χ1v) is 5.98. The van der Waals surface area contributed by atoms with E-state index in [-0.39, 0.29) is 0 Å². The summed E-state index contributed by atoms with van der Waals surface area (Å²) in [5.41, 5.74) is 0.493. The second-order valence-electron chi connectivity index (χ2n) is 6.13. The van der Waals surface area contributed by atoms with Crippen molar-refractivity contribution in [1.29, 1.82) is 0 Å². The van der Waals surface area contributed by atoms with Gasteiger partial charge in [-0.2, -0.15) is 0 Å². The zero-order valence-corrected chi connectivity index (χ0v) is 9.68. The van der Waals surface area contributed by atoms with Crippen LogP contribution < -0.4 is 0 Å². The zero-order valence-electron chi connectivity index (χ0n) is 9.68. The highest BCUT2D eigenvalue weighted by Crippen LogP contribution is 2.55. The molecule has 0 aromatic carbocycles. The molecule has 0 aliphatic heterocycles. The van der Waals surface area contributed by atoms with Gasteiger partial charge in [0.15, 0.2) is 0 Å². The van der Waals surface area contributed by atoms with Gasteiger partial charge in [-0.3, -0.25) is 0 Å². The van der Waals surface area contributed by atoms with Crippen LogP contribution in [0.4, 0.5) is 0 Å². The summed E-state index contributed by atoms with van der Waals surface area (Å²) in [6.07, 6.45) is 6.30. The molecular formula is C13H22O.